The SMILES string of the molecule is COCC1(CNC(=O)C2CSCN2C(=O)c2ccccc2)CCNCC1. The largest absolute Gasteiger partial charge is 0.384 e. The van der Waals surface area contributed by atoms with E-state index in [1.807, 2.05) is 18.2 Å². The molecule has 6 nitrogen and oxygen atoms in total. The number of carbonyl (C=O) groups excluding carboxylic acids is 2. The Morgan fingerprint density at radius 2 is 2.04 bits per heavy atom. The predicted octanol–water partition coefficient (Wildman–Crippen LogP) is 1.33. The number of ether oxygens (including phenoxy) is 1. The van der Waals surface area contributed by atoms with E-state index in [0.29, 0.717) is 30.3 Å². The summed E-state index contributed by atoms with van der Waals surface area (Å²) >= 11 is 1.62. The molecule has 0 spiro atoms. The number of thioether (sulfide) groups is 1. The number of benzene rings is 1. The number of rotatable bonds is 6. The molecule has 1 atom stereocenters. The fourth-order valence-corrected chi connectivity index (χ4v) is 4.79. The average molecular weight is 378 g/mol. The molecule has 1 unspecified atom stereocenters. The van der Waals surface area contributed by atoms with Crippen molar-refractivity contribution in [2.45, 2.75) is 18.9 Å². The predicted molar refractivity (Wildman–Crippen MR) is 103 cm³/mol. The van der Waals surface area contributed by atoms with Crippen LogP contribution in [0.15, 0.2) is 30.3 Å². The topological polar surface area (TPSA) is 70.7 Å². The molecule has 3 rings (SSSR count). The second-order valence-corrected chi connectivity index (χ2v) is 8.06. The maximum atomic E-state index is 12.8. The molecule has 0 bridgehead atoms. The molecule has 2 amide bonds. The van der Waals surface area contributed by atoms with E-state index in [1.165, 1.54) is 0 Å². The van der Waals surface area contributed by atoms with Crippen molar-refractivity contribution in [2.24, 2.45) is 5.41 Å². The van der Waals surface area contributed by atoms with Gasteiger partial charge in [-0.2, -0.15) is 0 Å². The first-order valence-electron chi connectivity index (χ1n) is 9.06. The molecule has 2 fully saturated rings. The van der Waals surface area contributed by atoms with Gasteiger partial charge in [0.15, 0.2) is 0 Å². The molecule has 0 saturated carbocycles. The molecule has 0 aliphatic carbocycles. The normalized spacial score (nSPS) is 22.2. The van der Waals surface area contributed by atoms with Gasteiger partial charge in [-0.1, -0.05) is 18.2 Å². The minimum atomic E-state index is -0.408. The molecule has 1 aromatic rings. The maximum Gasteiger partial charge on any atom is 0.255 e. The third-order valence-electron chi connectivity index (χ3n) is 5.22. The van der Waals surface area contributed by atoms with Gasteiger partial charge < -0.3 is 20.3 Å². The van der Waals surface area contributed by atoms with Crippen LogP contribution in [0.1, 0.15) is 23.2 Å². The summed E-state index contributed by atoms with van der Waals surface area (Å²) in [5.74, 6) is 1.06. The molecule has 2 N–H and O–H groups in total. The summed E-state index contributed by atoms with van der Waals surface area (Å²) in [4.78, 5) is 27.2. The summed E-state index contributed by atoms with van der Waals surface area (Å²) in [7, 11) is 1.71. The van der Waals surface area contributed by atoms with Crippen LogP contribution in [0.25, 0.3) is 0 Å². The number of carbonyl (C=O) groups is 2. The van der Waals surface area contributed by atoms with Crippen molar-refractivity contribution in [3.8, 4) is 0 Å². The van der Waals surface area contributed by atoms with Gasteiger partial charge in [-0.05, 0) is 38.1 Å². The Morgan fingerprint density at radius 3 is 2.73 bits per heavy atom. The van der Waals surface area contributed by atoms with Gasteiger partial charge in [0.2, 0.25) is 5.91 Å². The zero-order chi connectivity index (χ0) is 18.4. The van der Waals surface area contributed by atoms with E-state index in [4.69, 9.17) is 4.74 Å². The van der Waals surface area contributed by atoms with Gasteiger partial charge in [0.05, 0.1) is 12.5 Å². The molecular weight excluding hydrogens is 350 g/mol. The van der Waals surface area contributed by atoms with Crippen LogP contribution >= 0.6 is 11.8 Å². The third-order valence-corrected chi connectivity index (χ3v) is 6.23. The quantitative estimate of drug-likeness (QED) is 0.783. The van der Waals surface area contributed by atoms with Crippen LogP contribution in [0.4, 0.5) is 0 Å². The smallest absolute Gasteiger partial charge is 0.255 e. The van der Waals surface area contributed by atoms with Crippen LogP contribution in [0.5, 0.6) is 0 Å². The van der Waals surface area contributed by atoms with Gasteiger partial charge in [0.25, 0.3) is 5.91 Å². The summed E-state index contributed by atoms with van der Waals surface area (Å²) in [6.07, 6.45) is 1.96. The van der Waals surface area contributed by atoms with Crippen molar-refractivity contribution in [1.29, 1.82) is 0 Å². The summed E-state index contributed by atoms with van der Waals surface area (Å²) < 4.78 is 5.41. The Hall–Kier alpha value is -1.57. The lowest BCUT2D eigenvalue weighted by atomic mass is 9.79. The molecule has 0 radical (unpaired) electrons. The van der Waals surface area contributed by atoms with Crippen LogP contribution < -0.4 is 10.6 Å². The highest BCUT2D eigenvalue weighted by Gasteiger charge is 2.37. The van der Waals surface area contributed by atoms with Gasteiger partial charge in [-0.3, -0.25) is 9.59 Å². The van der Waals surface area contributed by atoms with Crippen molar-refractivity contribution in [3.05, 3.63) is 35.9 Å². The lowest BCUT2D eigenvalue weighted by molar-refractivity contribution is -0.125. The molecule has 1 aromatic carbocycles. The molecule has 0 aromatic heterocycles. The third kappa shape index (κ3) is 4.39. The number of hydrogen-bond acceptors (Lipinski definition) is 5. The van der Waals surface area contributed by atoms with Crippen molar-refractivity contribution in [2.75, 3.05) is 45.0 Å². The lowest BCUT2D eigenvalue weighted by Gasteiger charge is -2.37. The average Bonchev–Trinajstić information content (AvgIpc) is 3.17. The zero-order valence-corrected chi connectivity index (χ0v) is 16.0. The first-order valence-corrected chi connectivity index (χ1v) is 10.2. The summed E-state index contributed by atoms with van der Waals surface area (Å²) in [5.41, 5.74) is 0.609. The minimum absolute atomic E-state index is 0.0182. The highest BCUT2D eigenvalue weighted by molar-refractivity contribution is 7.99. The molecule has 142 valence electrons. The molecule has 26 heavy (non-hydrogen) atoms. The number of nitrogens with zero attached hydrogens (tertiary/aromatic N) is 1. The van der Waals surface area contributed by atoms with Gasteiger partial charge >= 0.3 is 0 Å². The van der Waals surface area contributed by atoms with Crippen LogP contribution in [-0.4, -0.2) is 67.7 Å². The first-order chi connectivity index (χ1) is 12.7. The van der Waals surface area contributed by atoms with E-state index >= 15 is 0 Å². The maximum absolute atomic E-state index is 12.8. The number of hydrogen-bond donors (Lipinski definition) is 2. The van der Waals surface area contributed by atoms with E-state index in [1.54, 1.807) is 35.9 Å². The van der Waals surface area contributed by atoms with Crippen LogP contribution in [0.3, 0.4) is 0 Å². The molecule has 2 heterocycles. The Balaban J connectivity index is 1.62. The fourth-order valence-electron chi connectivity index (χ4n) is 3.63. The van der Waals surface area contributed by atoms with E-state index in [0.717, 1.165) is 25.9 Å². The zero-order valence-electron chi connectivity index (χ0n) is 15.2. The van der Waals surface area contributed by atoms with Gasteiger partial charge in [0.1, 0.15) is 6.04 Å². The Bertz CT molecular complexity index is 614. The fraction of sp³-hybridized carbons (Fsp3) is 0.579. The molecule has 2 saturated heterocycles. The van der Waals surface area contributed by atoms with Crippen molar-refractivity contribution in [1.82, 2.24) is 15.5 Å². The van der Waals surface area contributed by atoms with Crippen LogP contribution in [0, 0.1) is 5.41 Å². The van der Waals surface area contributed by atoms with Crippen molar-refractivity contribution >= 4 is 23.6 Å². The summed E-state index contributed by atoms with van der Waals surface area (Å²) in [5, 5.41) is 6.46. The first kappa shape index (κ1) is 19.2. The second kappa shape index (κ2) is 8.88. The van der Waals surface area contributed by atoms with Gasteiger partial charge in [-0.25, -0.2) is 0 Å². The highest BCUT2D eigenvalue weighted by Crippen LogP contribution is 2.29. The minimum Gasteiger partial charge on any atom is -0.384 e. The monoisotopic (exact) mass is 377 g/mol. The standard InChI is InChI=1S/C19H27N3O3S/c1-25-13-19(7-9-20-10-8-19)12-21-17(23)16-11-26-14-22(16)18(24)15-5-3-2-4-6-15/h2-6,16,20H,7-14H2,1H3,(H,21,23). The molecule has 2 aliphatic heterocycles. The Morgan fingerprint density at radius 1 is 1.31 bits per heavy atom. The number of methoxy groups -OCH3 is 1. The molecular formula is C19H27N3O3S. The van der Waals surface area contributed by atoms with E-state index < -0.39 is 6.04 Å². The number of piperidine rings is 1. The second-order valence-electron chi connectivity index (χ2n) is 7.06. The molecule has 7 heteroatoms. The van der Waals surface area contributed by atoms with Gasteiger partial charge in [-0.15, -0.1) is 11.8 Å². The Kier molecular flexibility index (Phi) is 6.56. The van der Waals surface area contributed by atoms with E-state index in [-0.39, 0.29) is 17.2 Å². The van der Waals surface area contributed by atoms with E-state index in [9.17, 15) is 9.59 Å². The Labute approximate surface area is 159 Å². The van der Waals surface area contributed by atoms with Crippen LogP contribution in [0.2, 0.25) is 0 Å². The van der Waals surface area contributed by atoms with Crippen molar-refractivity contribution in [3.63, 3.8) is 0 Å². The van der Waals surface area contributed by atoms with E-state index in [2.05, 4.69) is 10.6 Å². The molecule has 2 aliphatic rings. The van der Waals surface area contributed by atoms with Crippen molar-refractivity contribution < 1.29 is 14.3 Å². The summed E-state index contributed by atoms with van der Waals surface area (Å²) in [6.45, 7) is 3.12. The number of amides is 2. The highest BCUT2D eigenvalue weighted by atomic mass is 32.2. The van der Waals surface area contributed by atoms with Gasteiger partial charge in [0, 0.05) is 30.4 Å². The lowest BCUT2D eigenvalue weighted by Crippen LogP contribution is -2.52. The summed E-state index contributed by atoms with van der Waals surface area (Å²) in [6, 6.07) is 8.75. The van der Waals surface area contributed by atoms with Crippen LogP contribution in [-0.2, 0) is 9.53 Å². The number of nitrogens with one attached hydrogen (secondary N) is 2.